The highest BCUT2D eigenvalue weighted by Crippen LogP contribution is 2.34. The first-order valence-corrected chi connectivity index (χ1v) is 12.6. The van der Waals surface area contributed by atoms with Gasteiger partial charge in [-0.25, -0.2) is 13.2 Å². The zero-order valence-corrected chi connectivity index (χ0v) is 20.9. The average molecular weight is 501 g/mol. The number of nitrogens with zero attached hydrogens (tertiary/aromatic N) is 2. The van der Waals surface area contributed by atoms with E-state index in [-0.39, 0.29) is 22.8 Å². The number of aromatic nitrogens is 1. The van der Waals surface area contributed by atoms with Crippen molar-refractivity contribution in [3.63, 3.8) is 0 Å². The Kier molecular flexibility index (Phi) is 7.23. The van der Waals surface area contributed by atoms with E-state index in [0.717, 1.165) is 9.87 Å². The van der Waals surface area contributed by atoms with Crippen molar-refractivity contribution in [3.05, 3.63) is 95.7 Å². The molecule has 0 spiro atoms. The molecule has 0 aliphatic heterocycles. The third-order valence-corrected chi connectivity index (χ3v) is 7.26. The summed E-state index contributed by atoms with van der Waals surface area (Å²) in [6.07, 6.45) is 1.34. The zero-order valence-electron chi connectivity index (χ0n) is 20.1. The van der Waals surface area contributed by atoms with E-state index in [1.54, 1.807) is 37.3 Å². The number of benzene rings is 3. The molecule has 0 saturated carbocycles. The van der Waals surface area contributed by atoms with Crippen LogP contribution in [0.25, 0.3) is 10.9 Å². The molecule has 0 bridgehead atoms. The SMILES string of the molecule is CCOC(=O)c1cnc2ccc(C#Cc3ccccc3)cc2c1N(C)S(=O)(=O)c1ccc(OC)cc1. The van der Waals surface area contributed by atoms with E-state index in [4.69, 9.17) is 9.47 Å². The highest BCUT2D eigenvalue weighted by Gasteiger charge is 2.28. The van der Waals surface area contributed by atoms with Gasteiger partial charge >= 0.3 is 5.97 Å². The molecule has 0 N–H and O–H groups in total. The van der Waals surface area contributed by atoms with Crippen LogP contribution in [-0.4, -0.2) is 40.1 Å². The lowest BCUT2D eigenvalue weighted by molar-refractivity contribution is 0.0527. The molecule has 182 valence electrons. The number of anilines is 1. The molecule has 4 rings (SSSR count). The van der Waals surface area contributed by atoms with Crippen molar-refractivity contribution in [1.29, 1.82) is 0 Å². The third kappa shape index (κ3) is 5.02. The first kappa shape index (κ1) is 24.8. The fourth-order valence-corrected chi connectivity index (χ4v) is 4.88. The van der Waals surface area contributed by atoms with Crippen LogP contribution < -0.4 is 9.04 Å². The second kappa shape index (κ2) is 10.5. The molecule has 0 unspecified atom stereocenters. The van der Waals surface area contributed by atoms with Crippen molar-refractivity contribution < 1.29 is 22.7 Å². The average Bonchev–Trinajstić information content (AvgIpc) is 2.91. The molecule has 0 fully saturated rings. The molecule has 1 aromatic heterocycles. The van der Waals surface area contributed by atoms with Crippen LogP contribution in [0, 0.1) is 11.8 Å². The summed E-state index contributed by atoms with van der Waals surface area (Å²) < 4.78 is 38.6. The number of hydrogen-bond donors (Lipinski definition) is 0. The summed E-state index contributed by atoms with van der Waals surface area (Å²) in [7, 11) is -1.14. The van der Waals surface area contributed by atoms with Gasteiger partial charge in [-0.2, -0.15) is 0 Å². The largest absolute Gasteiger partial charge is 0.497 e. The van der Waals surface area contributed by atoms with Crippen molar-refractivity contribution in [1.82, 2.24) is 4.98 Å². The number of esters is 1. The normalized spacial score (nSPS) is 10.9. The molecule has 0 aliphatic carbocycles. The van der Waals surface area contributed by atoms with Gasteiger partial charge in [0.1, 0.15) is 11.3 Å². The maximum atomic E-state index is 13.6. The molecular formula is C28H24N2O5S. The second-order valence-electron chi connectivity index (χ2n) is 7.74. The number of pyridine rings is 1. The smallest absolute Gasteiger partial charge is 0.341 e. The lowest BCUT2D eigenvalue weighted by Gasteiger charge is -2.23. The summed E-state index contributed by atoms with van der Waals surface area (Å²) in [6.45, 7) is 1.81. The van der Waals surface area contributed by atoms with Crippen LogP contribution in [0.15, 0.2) is 83.9 Å². The molecule has 0 amide bonds. The van der Waals surface area contributed by atoms with Crippen molar-refractivity contribution >= 4 is 32.6 Å². The van der Waals surface area contributed by atoms with E-state index in [2.05, 4.69) is 16.8 Å². The van der Waals surface area contributed by atoms with Gasteiger partial charge in [0.05, 0.1) is 29.8 Å². The molecule has 3 aromatic carbocycles. The van der Waals surface area contributed by atoms with Crippen LogP contribution in [0.4, 0.5) is 5.69 Å². The van der Waals surface area contributed by atoms with Crippen LogP contribution in [0.1, 0.15) is 28.4 Å². The predicted molar refractivity (Wildman–Crippen MR) is 139 cm³/mol. The van der Waals surface area contributed by atoms with Crippen molar-refractivity contribution in [3.8, 4) is 17.6 Å². The number of hydrogen-bond acceptors (Lipinski definition) is 6. The minimum absolute atomic E-state index is 0.0390. The number of methoxy groups -OCH3 is 1. The standard InChI is InChI=1S/C28H24N2O5S/c1-4-35-28(31)25-19-29-26-17-12-21(11-10-20-8-6-5-7-9-20)18-24(26)27(25)30(2)36(32,33)23-15-13-22(34-3)14-16-23/h5-9,12-19H,4H2,1-3H3. The molecule has 0 aliphatic rings. The molecule has 4 aromatic rings. The number of carbonyl (C=O) groups excluding carboxylic acids is 1. The van der Waals surface area contributed by atoms with Gasteiger partial charge in [0.25, 0.3) is 10.0 Å². The van der Waals surface area contributed by atoms with Crippen LogP contribution >= 0.6 is 0 Å². The minimum atomic E-state index is -4.04. The van der Waals surface area contributed by atoms with E-state index in [1.807, 2.05) is 30.3 Å². The Bertz CT molecular complexity index is 1570. The van der Waals surface area contributed by atoms with Crippen molar-refractivity contribution in [2.45, 2.75) is 11.8 Å². The van der Waals surface area contributed by atoms with Gasteiger partial charge in [-0.1, -0.05) is 30.0 Å². The first-order chi connectivity index (χ1) is 17.3. The topological polar surface area (TPSA) is 85.8 Å². The molecule has 36 heavy (non-hydrogen) atoms. The van der Waals surface area contributed by atoms with E-state index in [9.17, 15) is 13.2 Å². The van der Waals surface area contributed by atoms with Gasteiger partial charge in [-0.05, 0) is 61.5 Å². The van der Waals surface area contributed by atoms with Gasteiger partial charge < -0.3 is 9.47 Å². The Balaban J connectivity index is 1.89. The summed E-state index contributed by atoms with van der Waals surface area (Å²) in [5.41, 5.74) is 2.20. The van der Waals surface area contributed by atoms with Gasteiger partial charge in [0.2, 0.25) is 0 Å². The Morgan fingerprint density at radius 3 is 2.33 bits per heavy atom. The summed E-state index contributed by atoms with van der Waals surface area (Å²) in [5.74, 6) is 6.05. The van der Waals surface area contributed by atoms with Crippen LogP contribution in [0.2, 0.25) is 0 Å². The van der Waals surface area contributed by atoms with Crippen molar-refractivity contribution in [2.75, 3.05) is 25.1 Å². The molecule has 7 nitrogen and oxygen atoms in total. The van der Waals surface area contributed by atoms with Gasteiger partial charge in [-0.15, -0.1) is 0 Å². The zero-order chi connectivity index (χ0) is 25.7. The summed E-state index contributed by atoms with van der Waals surface area (Å²) in [4.78, 5) is 17.3. The number of rotatable bonds is 6. The van der Waals surface area contributed by atoms with E-state index >= 15 is 0 Å². The Labute approximate surface area is 210 Å². The molecule has 0 saturated heterocycles. The maximum absolute atomic E-state index is 13.6. The molecule has 0 atom stereocenters. The number of carbonyl (C=O) groups is 1. The maximum Gasteiger partial charge on any atom is 0.341 e. The van der Waals surface area contributed by atoms with Crippen LogP contribution in [0.3, 0.4) is 0 Å². The van der Waals surface area contributed by atoms with Gasteiger partial charge in [-0.3, -0.25) is 9.29 Å². The summed E-state index contributed by atoms with van der Waals surface area (Å²) in [6, 6.07) is 20.8. The molecule has 8 heteroatoms. The lowest BCUT2D eigenvalue weighted by atomic mass is 10.1. The summed E-state index contributed by atoms with van der Waals surface area (Å²) in [5, 5.41) is 0.458. The van der Waals surface area contributed by atoms with Gasteiger partial charge in [0, 0.05) is 29.8 Å². The number of ether oxygens (including phenoxy) is 2. The first-order valence-electron chi connectivity index (χ1n) is 11.1. The Hall–Kier alpha value is -4.35. The highest BCUT2D eigenvalue weighted by atomic mass is 32.2. The van der Waals surface area contributed by atoms with E-state index < -0.39 is 16.0 Å². The Morgan fingerprint density at radius 2 is 1.67 bits per heavy atom. The third-order valence-electron chi connectivity index (χ3n) is 5.49. The van der Waals surface area contributed by atoms with Gasteiger partial charge in [0.15, 0.2) is 0 Å². The monoisotopic (exact) mass is 500 g/mol. The summed E-state index contributed by atoms with van der Waals surface area (Å²) >= 11 is 0. The van der Waals surface area contributed by atoms with Crippen LogP contribution in [0.5, 0.6) is 5.75 Å². The Morgan fingerprint density at radius 1 is 0.972 bits per heavy atom. The fourth-order valence-electron chi connectivity index (χ4n) is 3.65. The lowest BCUT2D eigenvalue weighted by Crippen LogP contribution is -2.29. The highest BCUT2D eigenvalue weighted by molar-refractivity contribution is 7.92. The van der Waals surface area contributed by atoms with Crippen LogP contribution in [-0.2, 0) is 14.8 Å². The quantitative estimate of drug-likeness (QED) is 0.283. The van der Waals surface area contributed by atoms with Crippen molar-refractivity contribution in [2.24, 2.45) is 0 Å². The van der Waals surface area contributed by atoms with E-state index in [0.29, 0.717) is 22.2 Å². The minimum Gasteiger partial charge on any atom is -0.497 e. The molecule has 1 heterocycles. The number of fused-ring (bicyclic) bond motifs is 1. The fraction of sp³-hybridized carbons (Fsp3) is 0.143. The molecule has 0 radical (unpaired) electrons. The second-order valence-corrected chi connectivity index (χ2v) is 9.71. The van der Waals surface area contributed by atoms with E-state index in [1.165, 1.54) is 32.5 Å². The predicted octanol–water partition coefficient (Wildman–Crippen LogP) is 4.65. The molecular weight excluding hydrogens is 476 g/mol. The number of sulfonamides is 1.